The molecule has 9 nitrogen and oxygen atoms in total. The largest absolute Gasteiger partial charge is 0.504 e. The van der Waals surface area contributed by atoms with Gasteiger partial charge in [-0.1, -0.05) is 29.3 Å². The number of nitrogens with zero attached hydrogens (tertiary/aromatic N) is 4. The van der Waals surface area contributed by atoms with Crippen LogP contribution < -0.4 is 10.2 Å². The van der Waals surface area contributed by atoms with Crippen LogP contribution in [0.25, 0.3) is 0 Å². The predicted octanol–water partition coefficient (Wildman–Crippen LogP) is 4.27. The summed E-state index contributed by atoms with van der Waals surface area (Å²) < 4.78 is 35.8. The van der Waals surface area contributed by atoms with E-state index >= 15 is 0 Å². The highest BCUT2D eigenvalue weighted by atomic mass is 35.5. The Morgan fingerprint density at radius 2 is 2.12 bits per heavy atom. The molecular weight excluding hydrogens is 517 g/mol. The molecule has 14 heteroatoms. The van der Waals surface area contributed by atoms with Crippen molar-refractivity contribution in [2.75, 3.05) is 30.4 Å². The van der Waals surface area contributed by atoms with Gasteiger partial charge in [0, 0.05) is 25.0 Å². The lowest BCUT2D eigenvalue weighted by Gasteiger charge is -2.22. The highest BCUT2D eigenvalue weighted by Crippen LogP contribution is 2.45. The molecule has 1 aliphatic heterocycles. The van der Waals surface area contributed by atoms with E-state index in [0.717, 1.165) is 23.1 Å². The highest BCUT2D eigenvalue weighted by Gasteiger charge is 2.38. The van der Waals surface area contributed by atoms with Gasteiger partial charge in [-0.05, 0) is 25.0 Å². The normalized spacial score (nSPS) is 17.1. The van der Waals surface area contributed by atoms with Gasteiger partial charge in [-0.3, -0.25) is 0 Å². The second kappa shape index (κ2) is 9.29. The molecule has 32 heavy (non-hydrogen) atoms. The molecule has 1 saturated heterocycles. The molecule has 0 aliphatic carbocycles. The van der Waals surface area contributed by atoms with E-state index in [1.165, 1.54) is 4.31 Å². The van der Waals surface area contributed by atoms with E-state index in [4.69, 9.17) is 23.2 Å². The van der Waals surface area contributed by atoms with E-state index in [1.807, 2.05) is 0 Å². The second-order valence-electron chi connectivity index (χ2n) is 7.07. The lowest BCUT2D eigenvalue weighted by atomic mass is 10.2. The summed E-state index contributed by atoms with van der Waals surface area (Å²) in [5, 5.41) is 25.6. The Balaban J connectivity index is 1.64. The number of halogens is 2. The molecule has 1 unspecified atom stereocenters. The molecule has 2 aromatic heterocycles. The van der Waals surface area contributed by atoms with Crippen LogP contribution in [0.4, 0.5) is 23.0 Å². The molecule has 1 aliphatic rings. The average Bonchev–Trinajstić information content (AvgIpc) is 3.50. The summed E-state index contributed by atoms with van der Waals surface area (Å²) in [6, 6.07) is 4.65. The smallest absolute Gasteiger partial charge is 0.256 e. The first-order valence-electron chi connectivity index (χ1n) is 9.46. The molecule has 0 bridgehead atoms. The van der Waals surface area contributed by atoms with E-state index in [1.54, 1.807) is 35.5 Å². The summed E-state index contributed by atoms with van der Waals surface area (Å²) >= 11 is 14.2. The van der Waals surface area contributed by atoms with Crippen molar-refractivity contribution in [3.8, 4) is 5.75 Å². The van der Waals surface area contributed by atoms with Crippen molar-refractivity contribution in [3.63, 3.8) is 0 Å². The number of benzene rings is 1. The molecule has 3 N–H and O–H groups in total. The average molecular weight is 536 g/mol. The summed E-state index contributed by atoms with van der Waals surface area (Å²) in [4.78, 5) is 1.54. The van der Waals surface area contributed by atoms with Crippen LogP contribution in [0.3, 0.4) is 0 Å². The first kappa shape index (κ1) is 23.5. The summed E-state index contributed by atoms with van der Waals surface area (Å²) in [5.74, 6) is 0.370. The molecule has 3 heterocycles. The van der Waals surface area contributed by atoms with Gasteiger partial charge in [0.05, 0.1) is 39.8 Å². The third kappa shape index (κ3) is 4.16. The van der Waals surface area contributed by atoms with Crippen LogP contribution in [-0.4, -0.2) is 57.9 Å². The summed E-state index contributed by atoms with van der Waals surface area (Å²) in [6.07, 6.45) is 1.25. The number of aromatic hydroxyl groups is 1. The lowest BCUT2D eigenvalue weighted by Crippen LogP contribution is -2.37. The van der Waals surface area contributed by atoms with Crippen molar-refractivity contribution in [1.29, 1.82) is 0 Å². The van der Waals surface area contributed by atoms with Crippen molar-refractivity contribution in [2.45, 2.75) is 23.1 Å². The number of hydrogen-bond acceptors (Lipinski definition) is 10. The zero-order valence-corrected chi connectivity index (χ0v) is 20.7. The van der Waals surface area contributed by atoms with E-state index in [9.17, 15) is 18.6 Å². The molecular formula is C18H19Cl2N5O4S3. The van der Waals surface area contributed by atoms with Crippen LogP contribution in [0.1, 0.15) is 12.8 Å². The van der Waals surface area contributed by atoms with Gasteiger partial charge in [-0.2, -0.15) is 13.1 Å². The SMILES string of the molecule is CN(c1csc(S(=O)(=O)N2CCCC2CO)c1O)c1nsnc1Nc1cccc(Cl)c1Cl. The topological polar surface area (TPSA) is 119 Å². The fraction of sp³-hybridized carbons (Fsp3) is 0.333. The third-order valence-electron chi connectivity index (χ3n) is 5.15. The molecule has 1 fully saturated rings. The zero-order valence-electron chi connectivity index (χ0n) is 16.7. The minimum atomic E-state index is -3.95. The molecule has 0 amide bonds. The fourth-order valence-electron chi connectivity index (χ4n) is 3.49. The van der Waals surface area contributed by atoms with Gasteiger partial charge in [0.2, 0.25) is 0 Å². The molecule has 0 spiro atoms. The van der Waals surface area contributed by atoms with Gasteiger partial charge in [0.15, 0.2) is 21.6 Å². The van der Waals surface area contributed by atoms with Crippen molar-refractivity contribution in [3.05, 3.63) is 33.6 Å². The van der Waals surface area contributed by atoms with Crippen LogP contribution in [-0.2, 0) is 10.0 Å². The number of nitrogens with one attached hydrogen (secondary N) is 1. The standard InChI is InChI=1S/C18H19Cl2N5O4S3/c1-24(17-16(22-31-23-17)21-12-6-2-5-11(19)14(12)20)13-9-30-18(15(13)27)32(28,29)25-7-3-4-10(25)8-26/h2,5-6,9-10,26-27H,3-4,7-8H2,1H3,(H,21,22). The first-order chi connectivity index (χ1) is 15.3. The van der Waals surface area contributed by atoms with E-state index in [0.29, 0.717) is 46.8 Å². The minimum Gasteiger partial charge on any atom is -0.504 e. The molecule has 172 valence electrons. The summed E-state index contributed by atoms with van der Waals surface area (Å²) in [7, 11) is -2.30. The molecule has 1 atom stereocenters. The predicted molar refractivity (Wildman–Crippen MR) is 128 cm³/mol. The van der Waals surface area contributed by atoms with Crippen LogP contribution in [0.5, 0.6) is 5.75 Å². The Morgan fingerprint density at radius 3 is 2.88 bits per heavy atom. The van der Waals surface area contributed by atoms with Crippen LogP contribution in [0.2, 0.25) is 10.0 Å². The van der Waals surface area contributed by atoms with E-state index in [2.05, 4.69) is 14.1 Å². The number of aromatic nitrogens is 2. The quantitative estimate of drug-likeness (QED) is 0.410. The van der Waals surface area contributed by atoms with Gasteiger partial charge in [-0.15, -0.1) is 11.3 Å². The fourth-order valence-corrected chi connectivity index (χ4v) is 7.49. The van der Waals surface area contributed by atoms with Gasteiger partial charge in [0.1, 0.15) is 0 Å². The number of hydrogen-bond donors (Lipinski definition) is 3. The Kier molecular flexibility index (Phi) is 6.82. The maximum atomic E-state index is 13.1. The van der Waals surface area contributed by atoms with Crippen molar-refractivity contribution < 1.29 is 18.6 Å². The van der Waals surface area contributed by atoms with Crippen LogP contribution in [0, 0.1) is 0 Å². The zero-order chi connectivity index (χ0) is 23.0. The second-order valence-corrected chi connectivity index (χ2v) is 11.4. The highest BCUT2D eigenvalue weighted by molar-refractivity contribution is 7.91. The van der Waals surface area contributed by atoms with Crippen molar-refractivity contribution >= 4 is 79.3 Å². The lowest BCUT2D eigenvalue weighted by molar-refractivity contribution is 0.213. The summed E-state index contributed by atoms with van der Waals surface area (Å²) in [5.41, 5.74) is 0.796. The molecule has 1 aromatic carbocycles. The van der Waals surface area contributed by atoms with E-state index < -0.39 is 16.1 Å². The Morgan fingerprint density at radius 1 is 1.34 bits per heavy atom. The number of aliphatic hydroxyl groups is 1. The number of rotatable bonds is 7. The minimum absolute atomic E-state index is 0.171. The van der Waals surface area contributed by atoms with Gasteiger partial charge in [-0.25, -0.2) is 8.42 Å². The van der Waals surface area contributed by atoms with Crippen molar-refractivity contribution in [2.24, 2.45) is 0 Å². The molecule has 0 saturated carbocycles. The third-order valence-corrected chi connectivity index (χ3v) is 9.91. The number of sulfonamides is 1. The van der Waals surface area contributed by atoms with Gasteiger partial charge in [0.25, 0.3) is 10.0 Å². The first-order valence-corrected chi connectivity index (χ1v) is 13.3. The number of anilines is 4. The van der Waals surface area contributed by atoms with Crippen LogP contribution in [0.15, 0.2) is 27.8 Å². The Labute approximate surface area is 203 Å². The van der Waals surface area contributed by atoms with E-state index in [-0.39, 0.29) is 22.3 Å². The number of aliphatic hydroxyl groups excluding tert-OH is 1. The number of thiophene rings is 1. The summed E-state index contributed by atoms with van der Waals surface area (Å²) in [6.45, 7) is 0.0459. The Bertz CT molecular complexity index is 1230. The monoisotopic (exact) mass is 535 g/mol. The maximum absolute atomic E-state index is 13.1. The molecule has 0 radical (unpaired) electrons. The molecule has 3 aromatic rings. The maximum Gasteiger partial charge on any atom is 0.256 e. The van der Waals surface area contributed by atoms with Crippen molar-refractivity contribution in [1.82, 2.24) is 13.1 Å². The van der Waals surface area contributed by atoms with Crippen LogP contribution >= 0.6 is 46.3 Å². The molecule has 4 rings (SSSR count). The van der Waals surface area contributed by atoms with Gasteiger partial charge < -0.3 is 20.4 Å². The van der Waals surface area contributed by atoms with Gasteiger partial charge >= 0.3 is 0 Å². The Hall–Kier alpha value is -1.67.